The van der Waals surface area contributed by atoms with Crippen LogP contribution in [0.4, 0.5) is 0 Å². The smallest absolute Gasteiger partial charge is 0.117 e. The Balaban J connectivity index is 1.87. The lowest BCUT2D eigenvalue weighted by Gasteiger charge is -2.36. The number of hydrogen-bond acceptors (Lipinski definition) is 3. The van der Waals surface area contributed by atoms with E-state index in [0.717, 1.165) is 23.3 Å². The first-order valence-electron chi connectivity index (χ1n) is 7.07. The van der Waals surface area contributed by atoms with Crippen LogP contribution in [0.25, 0.3) is 11.0 Å². The quantitative estimate of drug-likeness (QED) is 0.794. The van der Waals surface area contributed by atoms with E-state index in [4.69, 9.17) is 0 Å². The number of phenolic OH excluding ortho intramolecular Hbond substituents is 1. The summed E-state index contributed by atoms with van der Waals surface area (Å²) in [6, 6.07) is 5.28. The molecule has 4 heteroatoms. The van der Waals surface area contributed by atoms with Crippen LogP contribution < -0.4 is 5.32 Å². The third-order valence-electron chi connectivity index (χ3n) is 4.36. The van der Waals surface area contributed by atoms with Crippen LogP contribution in [0.5, 0.6) is 5.75 Å². The maximum Gasteiger partial charge on any atom is 0.117 e. The van der Waals surface area contributed by atoms with Crippen molar-refractivity contribution in [2.75, 3.05) is 7.05 Å². The van der Waals surface area contributed by atoms with Gasteiger partial charge in [-0.05, 0) is 32.0 Å². The number of fused-ring (bicyclic) bond motifs is 1. The van der Waals surface area contributed by atoms with Gasteiger partial charge in [0.05, 0.1) is 11.0 Å². The number of rotatable bonds is 3. The first-order chi connectivity index (χ1) is 9.21. The maximum atomic E-state index is 9.50. The van der Waals surface area contributed by atoms with Crippen molar-refractivity contribution < 1.29 is 5.11 Å². The Bertz CT molecular complexity index is 570. The molecule has 0 amide bonds. The van der Waals surface area contributed by atoms with Crippen LogP contribution in [0.2, 0.25) is 0 Å². The van der Waals surface area contributed by atoms with Crippen LogP contribution in [0.1, 0.15) is 37.9 Å². The fourth-order valence-electron chi connectivity index (χ4n) is 3.20. The van der Waals surface area contributed by atoms with E-state index in [9.17, 15) is 5.11 Å². The molecule has 1 saturated carbocycles. The summed E-state index contributed by atoms with van der Waals surface area (Å²) in [6.45, 7) is 0. The molecule has 1 aliphatic rings. The number of hydrogen-bond donors (Lipinski definition) is 3. The molecule has 2 aromatic rings. The molecule has 1 aromatic heterocycles. The zero-order valence-corrected chi connectivity index (χ0v) is 11.4. The van der Waals surface area contributed by atoms with Gasteiger partial charge in [-0.15, -0.1) is 0 Å². The van der Waals surface area contributed by atoms with Crippen LogP contribution in [0.3, 0.4) is 0 Å². The molecule has 1 aromatic carbocycles. The summed E-state index contributed by atoms with van der Waals surface area (Å²) >= 11 is 0. The summed E-state index contributed by atoms with van der Waals surface area (Å²) in [5, 5.41) is 13.0. The molecular formula is C15H21N3O. The van der Waals surface area contributed by atoms with Gasteiger partial charge in [-0.2, -0.15) is 0 Å². The molecule has 0 unspecified atom stereocenters. The average molecular weight is 259 g/mol. The van der Waals surface area contributed by atoms with E-state index < -0.39 is 0 Å². The molecule has 1 aliphatic carbocycles. The maximum absolute atomic E-state index is 9.50. The van der Waals surface area contributed by atoms with Crippen molar-refractivity contribution in [1.82, 2.24) is 15.3 Å². The van der Waals surface area contributed by atoms with Crippen molar-refractivity contribution in [3.8, 4) is 5.75 Å². The van der Waals surface area contributed by atoms with Gasteiger partial charge in [0.25, 0.3) is 0 Å². The Morgan fingerprint density at radius 1 is 1.32 bits per heavy atom. The van der Waals surface area contributed by atoms with Crippen LogP contribution in [-0.4, -0.2) is 27.7 Å². The van der Waals surface area contributed by atoms with Crippen molar-refractivity contribution in [3.63, 3.8) is 0 Å². The van der Waals surface area contributed by atoms with Crippen molar-refractivity contribution in [2.45, 2.75) is 44.1 Å². The first kappa shape index (κ1) is 12.5. The highest BCUT2D eigenvalue weighted by atomic mass is 16.3. The van der Waals surface area contributed by atoms with E-state index in [0.29, 0.717) is 0 Å². The minimum absolute atomic E-state index is 0.189. The van der Waals surface area contributed by atoms with Crippen LogP contribution in [0, 0.1) is 0 Å². The second-order valence-corrected chi connectivity index (χ2v) is 5.65. The topological polar surface area (TPSA) is 60.9 Å². The molecule has 0 spiro atoms. The number of aromatic nitrogens is 2. The summed E-state index contributed by atoms with van der Waals surface area (Å²) in [5.41, 5.74) is 2.03. The number of benzene rings is 1. The van der Waals surface area contributed by atoms with Gasteiger partial charge in [-0.1, -0.05) is 19.3 Å². The zero-order chi connectivity index (χ0) is 13.3. The molecule has 102 valence electrons. The number of imidazole rings is 1. The van der Waals surface area contributed by atoms with Crippen LogP contribution in [0.15, 0.2) is 18.2 Å². The van der Waals surface area contributed by atoms with Crippen molar-refractivity contribution in [1.29, 1.82) is 0 Å². The Morgan fingerprint density at radius 3 is 2.84 bits per heavy atom. The second-order valence-electron chi connectivity index (χ2n) is 5.65. The fourth-order valence-corrected chi connectivity index (χ4v) is 3.20. The fraction of sp³-hybridized carbons (Fsp3) is 0.533. The molecule has 19 heavy (non-hydrogen) atoms. The lowest BCUT2D eigenvalue weighted by atomic mass is 9.79. The van der Waals surface area contributed by atoms with Crippen LogP contribution >= 0.6 is 0 Å². The molecule has 3 N–H and O–H groups in total. The number of phenols is 1. The predicted molar refractivity (Wildman–Crippen MR) is 76.3 cm³/mol. The highest BCUT2D eigenvalue weighted by molar-refractivity contribution is 5.76. The molecule has 4 nitrogen and oxygen atoms in total. The van der Waals surface area contributed by atoms with E-state index in [1.54, 1.807) is 12.1 Å². The Labute approximate surface area is 113 Å². The first-order valence-corrected chi connectivity index (χ1v) is 7.07. The van der Waals surface area contributed by atoms with E-state index in [1.807, 2.05) is 6.07 Å². The number of likely N-dealkylation sites (N-methyl/N-ethyl adjacent to an activating group) is 1. The number of aromatic hydroxyl groups is 1. The van der Waals surface area contributed by atoms with Gasteiger partial charge in [0.15, 0.2) is 0 Å². The minimum atomic E-state index is 0.189. The standard InChI is InChI=1S/C15H21N3O/c1-16-15(7-3-2-4-8-15)10-14-17-12-6-5-11(19)9-13(12)18-14/h5-6,9,16,19H,2-4,7-8,10H2,1H3,(H,17,18). The van der Waals surface area contributed by atoms with E-state index in [-0.39, 0.29) is 11.3 Å². The van der Waals surface area contributed by atoms with Gasteiger partial charge in [0, 0.05) is 18.0 Å². The predicted octanol–water partition coefficient (Wildman–Crippen LogP) is 2.73. The molecule has 0 aliphatic heterocycles. The van der Waals surface area contributed by atoms with Gasteiger partial charge < -0.3 is 15.4 Å². The SMILES string of the molecule is CNC1(Cc2nc3ccc(O)cc3[nH]2)CCCCC1. The monoisotopic (exact) mass is 259 g/mol. The Kier molecular flexibility index (Phi) is 3.19. The summed E-state index contributed by atoms with van der Waals surface area (Å²) in [4.78, 5) is 7.97. The summed E-state index contributed by atoms with van der Waals surface area (Å²) < 4.78 is 0. The molecular weight excluding hydrogens is 238 g/mol. The summed E-state index contributed by atoms with van der Waals surface area (Å²) in [6.07, 6.45) is 7.29. The summed E-state index contributed by atoms with van der Waals surface area (Å²) in [5.74, 6) is 1.29. The molecule has 0 saturated heterocycles. The highest BCUT2D eigenvalue weighted by Crippen LogP contribution is 2.31. The van der Waals surface area contributed by atoms with E-state index >= 15 is 0 Å². The molecule has 0 bridgehead atoms. The van der Waals surface area contributed by atoms with E-state index in [1.165, 1.54) is 32.1 Å². The minimum Gasteiger partial charge on any atom is -0.508 e. The van der Waals surface area contributed by atoms with Gasteiger partial charge in [0.1, 0.15) is 11.6 Å². The van der Waals surface area contributed by atoms with Gasteiger partial charge in [0.2, 0.25) is 0 Å². The normalized spacial score (nSPS) is 18.8. The zero-order valence-electron chi connectivity index (χ0n) is 11.4. The Morgan fingerprint density at radius 2 is 2.11 bits per heavy atom. The van der Waals surface area contributed by atoms with Crippen molar-refractivity contribution in [2.24, 2.45) is 0 Å². The van der Waals surface area contributed by atoms with Crippen LogP contribution in [-0.2, 0) is 6.42 Å². The summed E-state index contributed by atoms with van der Waals surface area (Å²) in [7, 11) is 2.06. The molecule has 0 atom stereocenters. The lowest BCUT2D eigenvalue weighted by Crippen LogP contribution is -2.46. The van der Waals surface area contributed by atoms with Gasteiger partial charge >= 0.3 is 0 Å². The van der Waals surface area contributed by atoms with Gasteiger partial charge in [-0.3, -0.25) is 0 Å². The van der Waals surface area contributed by atoms with Gasteiger partial charge in [-0.25, -0.2) is 4.98 Å². The Hall–Kier alpha value is -1.55. The average Bonchev–Trinajstić information content (AvgIpc) is 2.81. The third kappa shape index (κ3) is 2.45. The molecule has 1 fully saturated rings. The molecule has 0 radical (unpaired) electrons. The number of nitrogens with zero attached hydrogens (tertiary/aromatic N) is 1. The highest BCUT2D eigenvalue weighted by Gasteiger charge is 2.31. The lowest BCUT2D eigenvalue weighted by molar-refractivity contribution is 0.241. The molecule has 3 rings (SSSR count). The van der Waals surface area contributed by atoms with E-state index in [2.05, 4.69) is 22.3 Å². The molecule has 1 heterocycles. The third-order valence-corrected chi connectivity index (χ3v) is 4.36. The second kappa shape index (κ2) is 4.85. The van der Waals surface area contributed by atoms with Crippen molar-refractivity contribution >= 4 is 11.0 Å². The van der Waals surface area contributed by atoms with Crippen molar-refractivity contribution in [3.05, 3.63) is 24.0 Å². The number of aromatic amines is 1. The number of nitrogens with one attached hydrogen (secondary N) is 2. The number of H-pyrrole nitrogens is 1. The largest absolute Gasteiger partial charge is 0.508 e.